The average Bonchev–Trinajstić information content (AvgIpc) is 2.68. The summed E-state index contributed by atoms with van der Waals surface area (Å²) in [6, 6.07) is 1.62. The minimum atomic E-state index is -0.425. The molecule has 0 aliphatic heterocycles. The molecule has 0 saturated heterocycles. The Morgan fingerprint density at radius 2 is 2.13 bits per heavy atom. The van der Waals surface area contributed by atoms with Crippen molar-refractivity contribution in [2.24, 2.45) is 11.7 Å². The van der Waals surface area contributed by atoms with Gasteiger partial charge in [-0.25, -0.2) is 0 Å². The summed E-state index contributed by atoms with van der Waals surface area (Å²) < 4.78 is 0. The van der Waals surface area contributed by atoms with Crippen molar-refractivity contribution in [3.8, 4) is 0 Å². The second-order valence-corrected chi connectivity index (χ2v) is 4.84. The normalized spacial score (nSPS) is 15.0. The Hall–Kier alpha value is -0.870. The van der Waals surface area contributed by atoms with Crippen LogP contribution in [0.2, 0.25) is 0 Å². The van der Waals surface area contributed by atoms with Gasteiger partial charge < -0.3 is 11.1 Å². The number of nitrogens with two attached hydrogens (primary N) is 1. The maximum atomic E-state index is 11.7. The maximum Gasteiger partial charge on any atom is 0.237 e. The molecule has 0 radical (unpaired) electrons. The molecule has 1 amide bonds. The van der Waals surface area contributed by atoms with Gasteiger partial charge in [0.25, 0.3) is 0 Å². The predicted octanol–water partition coefficient (Wildman–Crippen LogP) is 1.91. The molecule has 1 rings (SSSR count). The van der Waals surface area contributed by atoms with Gasteiger partial charge in [0, 0.05) is 0 Å². The number of thiophene rings is 1. The molecule has 0 aromatic carbocycles. The highest BCUT2D eigenvalue weighted by molar-refractivity contribution is 7.07. The van der Waals surface area contributed by atoms with Crippen LogP contribution in [0.3, 0.4) is 0 Å². The summed E-state index contributed by atoms with van der Waals surface area (Å²) in [5.74, 6) is 0.0865. The molecule has 1 heterocycles. The van der Waals surface area contributed by atoms with Crippen molar-refractivity contribution in [2.75, 3.05) is 0 Å². The lowest BCUT2D eigenvalue weighted by Gasteiger charge is -2.19. The second kappa shape index (κ2) is 5.28. The van der Waals surface area contributed by atoms with Crippen LogP contribution in [0.1, 0.15) is 32.4 Å². The molecular weight excluding hydrogens is 208 g/mol. The highest BCUT2D eigenvalue weighted by Gasteiger charge is 2.19. The third-order valence-corrected chi connectivity index (χ3v) is 3.12. The number of hydrogen-bond donors (Lipinski definition) is 2. The van der Waals surface area contributed by atoms with Gasteiger partial charge in [-0.2, -0.15) is 11.3 Å². The lowest BCUT2D eigenvalue weighted by Crippen LogP contribution is -2.44. The van der Waals surface area contributed by atoms with E-state index in [0.717, 1.165) is 5.56 Å². The summed E-state index contributed by atoms with van der Waals surface area (Å²) in [4.78, 5) is 11.7. The van der Waals surface area contributed by atoms with Crippen LogP contribution >= 0.6 is 11.3 Å². The fourth-order valence-corrected chi connectivity index (χ4v) is 1.97. The standard InChI is InChI=1S/C11H18N2OS/c1-7(2)10(12)11(14)13-8(3)9-4-5-15-6-9/h4-8,10H,12H2,1-3H3,(H,13,14)/t8?,10-/m0/s1. The molecule has 3 N–H and O–H groups in total. The van der Waals surface area contributed by atoms with Gasteiger partial charge in [-0.3, -0.25) is 4.79 Å². The number of nitrogens with one attached hydrogen (secondary N) is 1. The highest BCUT2D eigenvalue weighted by Crippen LogP contribution is 2.15. The summed E-state index contributed by atoms with van der Waals surface area (Å²) in [7, 11) is 0. The van der Waals surface area contributed by atoms with Crippen LogP contribution < -0.4 is 11.1 Å². The van der Waals surface area contributed by atoms with E-state index in [0.29, 0.717) is 0 Å². The highest BCUT2D eigenvalue weighted by atomic mass is 32.1. The van der Waals surface area contributed by atoms with E-state index in [2.05, 4.69) is 5.32 Å². The van der Waals surface area contributed by atoms with Crippen molar-refractivity contribution < 1.29 is 4.79 Å². The summed E-state index contributed by atoms with van der Waals surface area (Å²) in [6.45, 7) is 5.85. The Labute approximate surface area is 94.7 Å². The molecule has 0 saturated carbocycles. The molecule has 2 atom stereocenters. The van der Waals surface area contributed by atoms with E-state index in [9.17, 15) is 4.79 Å². The summed E-state index contributed by atoms with van der Waals surface area (Å²) in [5.41, 5.74) is 6.88. The largest absolute Gasteiger partial charge is 0.348 e. The van der Waals surface area contributed by atoms with Crippen LogP contribution in [-0.2, 0) is 4.79 Å². The average molecular weight is 226 g/mol. The molecule has 1 aromatic heterocycles. The molecule has 0 bridgehead atoms. The first-order valence-electron chi connectivity index (χ1n) is 5.10. The fourth-order valence-electron chi connectivity index (χ4n) is 1.22. The van der Waals surface area contributed by atoms with Gasteiger partial charge in [0.15, 0.2) is 0 Å². The SMILES string of the molecule is CC(NC(=O)[C@@H](N)C(C)C)c1ccsc1. The number of carbonyl (C=O) groups excluding carboxylic acids is 1. The molecule has 0 spiro atoms. The van der Waals surface area contributed by atoms with Crippen LogP contribution in [0.15, 0.2) is 16.8 Å². The Kier molecular flexibility index (Phi) is 4.29. The number of hydrogen-bond acceptors (Lipinski definition) is 3. The van der Waals surface area contributed by atoms with E-state index in [1.54, 1.807) is 11.3 Å². The van der Waals surface area contributed by atoms with Crippen LogP contribution in [0.25, 0.3) is 0 Å². The molecule has 3 nitrogen and oxygen atoms in total. The zero-order valence-electron chi connectivity index (χ0n) is 9.36. The first-order chi connectivity index (χ1) is 7.02. The zero-order valence-corrected chi connectivity index (χ0v) is 10.2. The summed E-state index contributed by atoms with van der Waals surface area (Å²) >= 11 is 1.63. The summed E-state index contributed by atoms with van der Waals surface area (Å²) in [5, 5.41) is 6.94. The lowest BCUT2D eigenvalue weighted by atomic mass is 10.0. The number of amides is 1. The topological polar surface area (TPSA) is 55.1 Å². The van der Waals surface area contributed by atoms with Gasteiger partial charge in [-0.15, -0.1) is 0 Å². The molecule has 0 fully saturated rings. The molecule has 0 aliphatic carbocycles. The molecule has 84 valence electrons. The molecule has 4 heteroatoms. The van der Waals surface area contributed by atoms with E-state index >= 15 is 0 Å². The van der Waals surface area contributed by atoms with E-state index in [-0.39, 0.29) is 17.9 Å². The van der Waals surface area contributed by atoms with Crippen molar-refractivity contribution in [3.05, 3.63) is 22.4 Å². The third kappa shape index (κ3) is 3.32. The summed E-state index contributed by atoms with van der Waals surface area (Å²) in [6.07, 6.45) is 0. The molecular formula is C11H18N2OS. The number of rotatable bonds is 4. The minimum Gasteiger partial charge on any atom is -0.348 e. The van der Waals surface area contributed by atoms with E-state index in [1.807, 2.05) is 37.6 Å². The Balaban J connectivity index is 2.52. The van der Waals surface area contributed by atoms with Crippen LogP contribution in [0.4, 0.5) is 0 Å². The van der Waals surface area contributed by atoms with Gasteiger partial charge in [0.1, 0.15) is 0 Å². The predicted molar refractivity (Wildman–Crippen MR) is 63.7 cm³/mol. The van der Waals surface area contributed by atoms with Crippen molar-refractivity contribution in [3.63, 3.8) is 0 Å². The fraction of sp³-hybridized carbons (Fsp3) is 0.545. The van der Waals surface area contributed by atoms with E-state index in [1.165, 1.54) is 0 Å². The van der Waals surface area contributed by atoms with Gasteiger partial charge >= 0.3 is 0 Å². The Bertz CT molecular complexity index is 308. The Morgan fingerprint density at radius 1 is 1.47 bits per heavy atom. The van der Waals surface area contributed by atoms with E-state index < -0.39 is 6.04 Å². The zero-order chi connectivity index (χ0) is 11.4. The number of carbonyl (C=O) groups is 1. The second-order valence-electron chi connectivity index (χ2n) is 4.06. The van der Waals surface area contributed by atoms with Gasteiger partial charge in [-0.05, 0) is 35.2 Å². The minimum absolute atomic E-state index is 0.0357. The van der Waals surface area contributed by atoms with Gasteiger partial charge in [-0.1, -0.05) is 13.8 Å². The monoisotopic (exact) mass is 226 g/mol. The van der Waals surface area contributed by atoms with Crippen molar-refractivity contribution in [2.45, 2.75) is 32.9 Å². The van der Waals surface area contributed by atoms with Crippen molar-refractivity contribution >= 4 is 17.2 Å². The third-order valence-electron chi connectivity index (χ3n) is 2.42. The maximum absolute atomic E-state index is 11.7. The molecule has 1 unspecified atom stereocenters. The van der Waals surface area contributed by atoms with E-state index in [4.69, 9.17) is 5.73 Å². The van der Waals surface area contributed by atoms with Crippen molar-refractivity contribution in [1.82, 2.24) is 5.32 Å². The van der Waals surface area contributed by atoms with Crippen LogP contribution in [0, 0.1) is 5.92 Å². The van der Waals surface area contributed by atoms with Gasteiger partial charge in [0.2, 0.25) is 5.91 Å². The quantitative estimate of drug-likeness (QED) is 0.824. The molecule has 0 aliphatic rings. The first-order valence-corrected chi connectivity index (χ1v) is 6.04. The smallest absolute Gasteiger partial charge is 0.237 e. The molecule has 1 aromatic rings. The van der Waals surface area contributed by atoms with Crippen molar-refractivity contribution in [1.29, 1.82) is 0 Å². The van der Waals surface area contributed by atoms with Crippen LogP contribution in [-0.4, -0.2) is 11.9 Å². The molecule has 15 heavy (non-hydrogen) atoms. The van der Waals surface area contributed by atoms with Crippen LogP contribution in [0.5, 0.6) is 0 Å². The Morgan fingerprint density at radius 3 is 2.60 bits per heavy atom. The lowest BCUT2D eigenvalue weighted by molar-refractivity contribution is -0.123. The first kappa shape index (κ1) is 12.2. The van der Waals surface area contributed by atoms with Gasteiger partial charge in [0.05, 0.1) is 12.1 Å².